The average molecular weight is 528 g/mol. The first kappa shape index (κ1) is 24.7. The van der Waals surface area contributed by atoms with Gasteiger partial charge in [-0.05, 0) is 61.6 Å². The molecule has 3 N–H and O–H groups in total. The SMILES string of the molecule is Cc1ccnc(NS(=O)(=O)c2ccc(N3C(=O)CC(=O)N(c4ccc(C(=O)O)c(O)c4)C3=S)cc2)n1. The van der Waals surface area contributed by atoms with E-state index in [0.717, 1.165) is 21.9 Å². The van der Waals surface area contributed by atoms with Gasteiger partial charge in [0.05, 0.1) is 16.3 Å². The molecule has 1 aromatic heterocycles. The highest BCUT2D eigenvalue weighted by molar-refractivity contribution is 7.92. The number of aromatic carboxylic acids is 1. The zero-order chi connectivity index (χ0) is 26.2. The van der Waals surface area contributed by atoms with Crippen LogP contribution in [0.1, 0.15) is 22.5 Å². The Bertz CT molecular complexity index is 1520. The molecule has 0 aliphatic carbocycles. The van der Waals surface area contributed by atoms with Gasteiger partial charge in [-0.25, -0.2) is 27.9 Å². The summed E-state index contributed by atoms with van der Waals surface area (Å²) in [5.74, 6) is -3.36. The van der Waals surface area contributed by atoms with Crippen molar-refractivity contribution in [1.82, 2.24) is 9.97 Å². The summed E-state index contributed by atoms with van der Waals surface area (Å²) in [4.78, 5) is 46.2. The lowest BCUT2D eigenvalue weighted by atomic mass is 10.1. The van der Waals surface area contributed by atoms with Crippen LogP contribution in [0.5, 0.6) is 5.75 Å². The second-order valence-corrected chi connectivity index (χ2v) is 9.59. The van der Waals surface area contributed by atoms with E-state index in [1.165, 1.54) is 36.5 Å². The van der Waals surface area contributed by atoms with E-state index < -0.39 is 40.0 Å². The Morgan fingerprint density at radius 1 is 1.03 bits per heavy atom. The van der Waals surface area contributed by atoms with Gasteiger partial charge in [-0.2, -0.15) is 0 Å². The maximum Gasteiger partial charge on any atom is 0.339 e. The van der Waals surface area contributed by atoms with Crippen molar-refractivity contribution in [3.05, 3.63) is 66.0 Å². The third-order valence-electron chi connectivity index (χ3n) is 5.08. The minimum atomic E-state index is -4.03. The molecule has 3 aromatic rings. The van der Waals surface area contributed by atoms with Crippen LogP contribution in [-0.2, 0) is 19.6 Å². The van der Waals surface area contributed by atoms with Crippen molar-refractivity contribution in [1.29, 1.82) is 0 Å². The monoisotopic (exact) mass is 527 g/mol. The standard InChI is InChI=1S/C22H17N5O7S2/c1-12-8-9-23-21(24-12)25-36(33,34)15-5-2-13(3-6-15)26-18(29)11-19(30)27(22(26)35)14-4-7-16(20(31)32)17(28)10-14/h2-10,28H,11H2,1H3,(H,31,32)(H,23,24,25). The summed E-state index contributed by atoms with van der Waals surface area (Å²) >= 11 is 5.36. The Morgan fingerprint density at radius 2 is 1.64 bits per heavy atom. The summed E-state index contributed by atoms with van der Waals surface area (Å²) in [5, 5.41) is 18.9. The van der Waals surface area contributed by atoms with Crippen molar-refractivity contribution in [2.24, 2.45) is 0 Å². The fourth-order valence-corrected chi connectivity index (χ4v) is 4.77. The number of phenols is 1. The molecule has 0 bridgehead atoms. The number of aryl methyl sites for hydroxylation is 1. The number of rotatable bonds is 6. The maximum absolute atomic E-state index is 12.7. The second-order valence-electron chi connectivity index (χ2n) is 7.55. The van der Waals surface area contributed by atoms with Crippen molar-refractivity contribution < 1.29 is 33.0 Å². The summed E-state index contributed by atoms with van der Waals surface area (Å²) in [7, 11) is -4.03. The number of nitrogens with zero attached hydrogens (tertiary/aromatic N) is 4. The van der Waals surface area contributed by atoms with Crippen molar-refractivity contribution in [3.8, 4) is 5.75 Å². The number of nitrogens with one attached hydrogen (secondary N) is 1. The lowest BCUT2D eigenvalue weighted by molar-refractivity contribution is -0.126. The quantitative estimate of drug-likeness (QED) is 0.318. The van der Waals surface area contributed by atoms with Gasteiger partial charge in [-0.1, -0.05) is 0 Å². The Kier molecular flexibility index (Phi) is 6.39. The first-order valence-electron chi connectivity index (χ1n) is 10.2. The van der Waals surface area contributed by atoms with E-state index in [1.807, 2.05) is 0 Å². The van der Waals surface area contributed by atoms with Crippen molar-refractivity contribution >= 4 is 62.5 Å². The highest BCUT2D eigenvalue weighted by atomic mass is 32.2. The van der Waals surface area contributed by atoms with Gasteiger partial charge in [0.25, 0.3) is 10.0 Å². The lowest BCUT2D eigenvalue weighted by Crippen LogP contribution is -2.55. The molecule has 2 heterocycles. The molecule has 0 radical (unpaired) electrons. The van der Waals surface area contributed by atoms with Gasteiger partial charge in [-0.15, -0.1) is 0 Å². The summed E-state index contributed by atoms with van der Waals surface area (Å²) < 4.78 is 27.7. The Labute approximate surface area is 209 Å². The molecular formula is C22H17N5O7S2. The molecule has 0 saturated carbocycles. The van der Waals surface area contributed by atoms with Crippen LogP contribution in [-0.4, -0.2) is 51.5 Å². The van der Waals surface area contributed by atoms with Gasteiger partial charge in [0.15, 0.2) is 5.11 Å². The van der Waals surface area contributed by atoms with E-state index in [9.17, 15) is 27.9 Å². The van der Waals surface area contributed by atoms with E-state index >= 15 is 0 Å². The highest BCUT2D eigenvalue weighted by Crippen LogP contribution is 2.31. The highest BCUT2D eigenvalue weighted by Gasteiger charge is 2.37. The van der Waals surface area contributed by atoms with Crippen LogP contribution in [0.25, 0.3) is 0 Å². The molecule has 12 nitrogen and oxygen atoms in total. The molecular weight excluding hydrogens is 510 g/mol. The Morgan fingerprint density at radius 3 is 2.22 bits per heavy atom. The molecule has 0 atom stereocenters. The van der Waals surface area contributed by atoms with Gasteiger partial charge < -0.3 is 10.2 Å². The minimum absolute atomic E-state index is 0.0616. The molecule has 4 rings (SSSR count). The zero-order valence-electron chi connectivity index (χ0n) is 18.4. The molecule has 0 unspecified atom stereocenters. The number of aromatic nitrogens is 2. The summed E-state index contributed by atoms with van der Waals surface area (Å²) in [6.07, 6.45) is 0.849. The molecule has 36 heavy (non-hydrogen) atoms. The van der Waals surface area contributed by atoms with Crippen LogP contribution in [0.3, 0.4) is 0 Å². The zero-order valence-corrected chi connectivity index (χ0v) is 20.1. The number of carbonyl (C=O) groups excluding carboxylic acids is 2. The van der Waals surface area contributed by atoms with E-state index in [1.54, 1.807) is 13.0 Å². The van der Waals surface area contributed by atoms with E-state index in [-0.39, 0.29) is 32.9 Å². The number of benzene rings is 2. The maximum atomic E-state index is 12.7. The van der Waals surface area contributed by atoms with Crippen LogP contribution in [0.2, 0.25) is 0 Å². The number of aromatic hydroxyl groups is 1. The number of hydrogen-bond donors (Lipinski definition) is 3. The largest absolute Gasteiger partial charge is 0.507 e. The van der Waals surface area contributed by atoms with Gasteiger partial charge in [0.1, 0.15) is 17.7 Å². The Hall–Kier alpha value is -4.43. The lowest BCUT2D eigenvalue weighted by Gasteiger charge is -2.35. The average Bonchev–Trinajstić information content (AvgIpc) is 2.78. The fraction of sp³-hybridized carbons (Fsp3) is 0.0909. The molecule has 14 heteroatoms. The molecule has 1 aliphatic heterocycles. The predicted octanol–water partition coefficient (Wildman–Crippen LogP) is 2.04. The molecule has 1 fully saturated rings. The van der Waals surface area contributed by atoms with Gasteiger partial charge >= 0.3 is 5.97 Å². The van der Waals surface area contributed by atoms with Gasteiger partial charge in [0.2, 0.25) is 17.8 Å². The second kappa shape index (κ2) is 9.31. The number of carbonyl (C=O) groups is 3. The normalized spacial score (nSPS) is 14.2. The number of amides is 2. The van der Waals surface area contributed by atoms with Gasteiger partial charge in [-0.3, -0.25) is 19.4 Å². The Balaban J connectivity index is 1.62. The van der Waals surface area contributed by atoms with E-state index in [4.69, 9.17) is 17.3 Å². The van der Waals surface area contributed by atoms with Crippen molar-refractivity contribution in [3.63, 3.8) is 0 Å². The van der Waals surface area contributed by atoms with Crippen LogP contribution < -0.4 is 14.5 Å². The first-order valence-corrected chi connectivity index (χ1v) is 12.1. The number of anilines is 3. The molecule has 2 amide bonds. The third kappa shape index (κ3) is 4.71. The summed E-state index contributed by atoms with van der Waals surface area (Å²) in [5.41, 5.74) is 0.454. The number of sulfonamides is 1. The first-order chi connectivity index (χ1) is 17.0. The van der Waals surface area contributed by atoms with Crippen molar-refractivity contribution in [2.75, 3.05) is 14.5 Å². The predicted molar refractivity (Wildman–Crippen MR) is 131 cm³/mol. The van der Waals surface area contributed by atoms with Crippen LogP contribution in [0.15, 0.2) is 59.6 Å². The fourth-order valence-electron chi connectivity index (χ4n) is 3.40. The number of carboxylic acid groups (broad SMARTS) is 1. The number of thiocarbonyl (C=S) groups is 1. The van der Waals surface area contributed by atoms with Crippen LogP contribution in [0, 0.1) is 6.92 Å². The third-order valence-corrected chi connectivity index (χ3v) is 6.79. The molecule has 1 aliphatic rings. The molecule has 0 spiro atoms. The van der Waals surface area contributed by atoms with Crippen LogP contribution in [0.4, 0.5) is 17.3 Å². The van der Waals surface area contributed by atoms with Crippen molar-refractivity contribution in [2.45, 2.75) is 18.2 Å². The summed E-state index contributed by atoms with van der Waals surface area (Å²) in [6.45, 7) is 1.68. The number of carboxylic acids is 1. The summed E-state index contributed by atoms with van der Waals surface area (Å²) in [6, 6.07) is 10.2. The smallest absolute Gasteiger partial charge is 0.339 e. The van der Waals surface area contributed by atoms with E-state index in [2.05, 4.69) is 14.7 Å². The number of hydrogen-bond acceptors (Lipinski definition) is 9. The topological polar surface area (TPSA) is 170 Å². The van der Waals surface area contributed by atoms with Gasteiger partial charge in [0, 0.05) is 18.0 Å². The molecule has 184 valence electrons. The molecule has 1 saturated heterocycles. The van der Waals surface area contributed by atoms with E-state index in [0.29, 0.717) is 5.69 Å². The molecule has 2 aromatic carbocycles. The minimum Gasteiger partial charge on any atom is -0.507 e. The van der Waals surface area contributed by atoms with Crippen LogP contribution >= 0.6 is 12.2 Å².